The number of carbonyl (C=O) groups excluding carboxylic acids is 1. The average Bonchev–Trinajstić information content (AvgIpc) is 3.16. The minimum absolute atomic E-state index is 0.110. The number of hydrogen-bond donors (Lipinski definition) is 0. The number of nitrogens with zero attached hydrogens (tertiary/aromatic N) is 3. The van der Waals surface area contributed by atoms with E-state index in [1.54, 1.807) is 38.4 Å². The standard InChI is InChI=1S/C19H18FN3O3S/c1-23(11-13-7-3-5-9-15(13)20)17(24)12-27-19-22-21-18(26-19)14-8-4-6-10-16(14)25-2/h3-10H,11-12H2,1-2H3. The van der Waals surface area contributed by atoms with Gasteiger partial charge in [0.15, 0.2) is 0 Å². The SMILES string of the molecule is COc1ccccc1-c1nnc(SCC(=O)N(C)Cc2ccccc2F)o1. The lowest BCUT2D eigenvalue weighted by atomic mass is 10.2. The van der Waals surface area contributed by atoms with E-state index >= 15 is 0 Å². The molecule has 0 N–H and O–H groups in total. The monoisotopic (exact) mass is 387 g/mol. The highest BCUT2D eigenvalue weighted by atomic mass is 32.2. The predicted octanol–water partition coefficient (Wildman–Crippen LogP) is 3.64. The molecule has 3 aromatic rings. The maximum Gasteiger partial charge on any atom is 0.277 e. The summed E-state index contributed by atoms with van der Waals surface area (Å²) < 4.78 is 24.6. The molecular formula is C19H18FN3O3S. The van der Waals surface area contributed by atoms with Crippen LogP contribution in [0.5, 0.6) is 5.75 Å². The van der Waals surface area contributed by atoms with Crippen LogP contribution in [0.2, 0.25) is 0 Å². The highest BCUT2D eigenvalue weighted by Crippen LogP contribution is 2.30. The third-order valence-electron chi connectivity index (χ3n) is 3.85. The molecule has 0 atom stereocenters. The van der Waals surface area contributed by atoms with E-state index in [1.165, 1.54) is 11.0 Å². The van der Waals surface area contributed by atoms with Crippen molar-refractivity contribution in [1.29, 1.82) is 0 Å². The van der Waals surface area contributed by atoms with Crippen molar-refractivity contribution in [2.24, 2.45) is 0 Å². The number of aromatic nitrogens is 2. The first kappa shape index (κ1) is 18.9. The smallest absolute Gasteiger partial charge is 0.277 e. The summed E-state index contributed by atoms with van der Waals surface area (Å²) in [5.74, 6) is 0.558. The zero-order valence-corrected chi connectivity index (χ0v) is 15.7. The molecule has 27 heavy (non-hydrogen) atoms. The molecule has 0 aliphatic heterocycles. The van der Waals surface area contributed by atoms with Crippen LogP contribution in [0.3, 0.4) is 0 Å². The molecule has 0 saturated carbocycles. The lowest BCUT2D eigenvalue weighted by molar-refractivity contribution is -0.127. The zero-order valence-electron chi connectivity index (χ0n) is 14.9. The molecule has 1 heterocycles. The molecule has 0 bridgehead atoms. The number of carbonyl (C=O) groups is 1. The Hall–Kier alpha value is -2.87. The van der Waals surface area contributed by atoms with Gasteiger partial charge in [-0.2, -0.15) is 0 Å². The summed E-state index contributed by atoms with van der Waals surface area (Å²) in [7, 11) is 3.19. The van der Waals surface area contributed by atoms with Crippen LogP contribution in [-0.4, -0.2) is 40.9 Å². The number of para-hydroxylation sites is 1. The Bertz CT molecular complexity index is 932. The van der Waals surface area contributed by atoms with Crippen LogP contribution in [0.25, 0.3) is 11.5 Å². The highest BCUT2D eigenvalue weighted by Gasteiger charge is 2.16. The molecule has 0 saturated heterocycles. The topological polar surface area (TPSA) is 68.5 Å². The number of ether oxygens (including phenoxy) is 1. The van der Waals surface area contributed by atoms with Gasteiger partial charge in [-0.15, -0.1) is 10.2 Å². The van der Waals surface area contributed by atoms with E-state index in [1.807, 2.05) is 18.2 Å². The second-order valence-corrected chi connectivity index (χ2v) is 6.63. The molecule has 6 nitrogen and oxygen atoms in total. The summed E-state index contributed by atoms with van der Waals surface area (Å²) in [5, 5.41) is 8.24. The largest absolute Gasteiger partial charge is 0.496 e. The van der Waals surface area contributed by atoms with Crippen LogP contribution in [0, 0.1) is 5.82 Å². The Morgan fingerprint density at radius 1 is 1.19 bits per heavy atom. The van der Waals surface area contributed by atoms with E-state index in [0.717, 1.165) is 11.8 Å². The third-order valence-corrected chi connectivity index (χ3v) is 4.66. The van der Waals surface area contributed by atoms with E-state index < -0.39 is 0 Å². The van der Waals surface area contributed by atoms with Gasteiger partial charge in [0.25, 0.3) is 11.1 Å². The molecule has 1 amide bonds. The first-order valence-electron chi connectivity index (χ1n) is 8.15. The number of rotatable bonds is 7. The molecule has 0 aliphatic rings. The molecular weight excluding hydrogens is 369 g/mol. The van der Waals surface area contributed by atoms with Gasteiger partial charge >= 0.3 is 0 Å². The van der Waals surface area contributed by atoms with Gasteiger partial charge < -0.3 is 14.1 Å². The average molecular weight is 387 g/mol. The fraction of sp³-hybridized carbons (Fsp3) is 0.211. The fourth-order valence-electron chi connectivity index (χ4n) is 2.40. The van der Waals surface area contributed by atoms with Crippen LogP contribution in [0.1, 0.15) is 5.56 Å². The summed E-state index contributed by atoms with van der Waals surface area (Å²) in [5.41, 5.74) is 1.15. The molecule has 1 aromatic heterocycles. The summed E-state index contributed by atoms with van der Waals surface area (Å²) in [6.45, 7) is 0.197. The molecule has 2 aromatic carbocycles. The Balaban J connectivity index is 1.59. The van der Waals surface area contributed by atoms with Crippen molar-refractivity contribution in [2.45, 2.75) is 11.8 Å². The van der Waals surface area contributed by atoms with Gasteiger partial charge in [0.05, 0.1) is 18.4 Å². The maximum absolute atomic E-state index is 13.7. The van der Waals surface area contributed by atoms with E-state index in [9.17, 15) is 9.18 Å². The molecule has 0 fully saturated rings. The Morgan fingerprint density at radius 3 is 2.70 bits per heavy atom. The first-order valence-corrected chi connectivity index (χ1v) is 9.14. The Labute approximate surface area is 160 Å². The number of thioether (sulfide) groups is 1. The molecule has 0 aliphatic carbocycles. The van der Waals surface area contributed by atoms with Crippen molar-refractivity contribution < 1.29 is 18.3 Å². The van der Waals surface area contributed by atoms with E-state index in [0.29, 0.717) is 22.8 Å². The van der Waals surface area contributed by atoms with Gasteiger partial charge in [-0.1, -0.05) is 42.1 Å². The quantitative estimate of drug-likeness (QED) is 0.577. The minimum atomic E-state index is -0.330. The number of hydrogen-bond acceptors (Lipinski definition) is 6. The van der Waals surface area contributed by atoms with Crippen molar-refractivity contribution in [3.05, 3.63) is 59.9 Å². The zero-order chi connectivity index (χ0) is 19.2. The lowest BCUT2D eigenvalue weighted by Crippen LogP contribution is -2.28. The van der Waals surface area contributed by atoms with Crippen LogP contribution >= 0.6 is 11.8 Å². The molecule has 0 radical (unpaired) electrons. The fourth-order valence-corrected chi connectivity index (χ4v) is 3.11. The highest BCUT2D eigenvalue weighted by molar-refractivity contribution is 7.99. The first-order chi connectivity index (χ1) is 13.1. The molecule has 3 rings (SSSR count). The lowest BCUT2D eigenvalue weighted by Gasteiger charge is -2.16. The Kier molecular flexibility index (Phi) is 6.08. The van der Waals surface area contributed by atoms with Crippen LogP contribution in [0.15, 0.2) is 58.2 Å². The number of halogens is 1. The molecule has 8 heteroatoms. The second-order valence-electron chi connectivity index (χ2n) is 5.70. The van der Waals surface area contributed by atoms with Crippen molar-refractivity contribution in [3.8, 4) is 17.2 Å². The van der Waals surface area contributed by atoms with Crippen molar-refractivity contribution in [2.75, 3.05) is 19.9 Å². The van der Waals surface area contributed by atoms with Crippen molar-refractivity contribution >= 4 is 17.7 Å². The van der Waals surface area contributed by atoms with Crippen molar-refractivity contribution in [3.63, 3.8) is 0 Å². The van der Waals surface area contributed by atoms with Gasteiger partial charge in [0.1, 0.15) is 11.6 Å². The normalized spacial score (nSPS) is 10.6. The van der Waals surface area contributed by atoms with Gasteiger partial charge in [-0.05, 0) is 18.2 Å². The van der Waals surface area contributed by atoms with Crippen LogP contribution < -0.4 is 4.74 Å². The number of methoxy groups -OCH3 is 1. The van der Waals surface area contributed by atoms with E-state index in [2.05, 4.69) is 10.2 Å². The maximum atomic E-state index is 13.7. The summed E-state index contributed by atoms with van der Waals surface area (Å²) in [6.07, 6.45) is 0. The predicted molar refractivity (Wildman–Crippen MR) is 99.9 cm³/mol. The second kappa shape index (κ2) is 8.68. The molecule has 140 valence electrons. The van der Waals surface area contributed by atoms with Crippen LogP contribution in [-0.2, 0) is 11.3 Å². The molecule has 0 unspecified atom stereocenters. The van der Waals surface area contributed by atoms with E-state index in [-0.39, 0.29) is 29.2 Å². The number of benzene rings is 2. The van der Waals surface area contributed by atoms with Crippen molar-refractivity contribution in [1.82, 2.24) is 15.1 Å². The summed E-state index contributed by atoms with van der Waals surface area (Å²) >= 11 is 1.13. The van der Waals surface area contributed by atoms with Gasteiger partial charge in [-0.3, -0.25) is 4.79 Å². The van der Waals surface area contributed by atoms with Gasteiger partial charge in [0, 0.05) is 19.2 Å². The molecule has 0 spiro atoms. The number of amides is 1. The van der Waals surface area contributed by atoms with E-state index in [4.69, 9.17) is 9.15 Å². The summed E-state index contributed by atoms with van der Waals surface area (Å²) in [4.78, 5) is 13.7. The Morgan fingerprint density at radius 2 is 1.93 bits per heavy atom. The minimum Gasteiger partial charge on any atom is -0.496 e. The van der Waals surface area contributed by atoms with Gasteiger partial charge in [0.2, 0.25) is 5.91 Å². The van der Waals surface area contributed by atoms with Gasteiger partial charge in [-0.25, -0.2) is 4.39 Å². The third kappa shape index (κ3) is 4.65. The summed E-state index contributed by atoms with van der Waals surface area (Å²) in [6, 6.07) is 13.7. The van der Waals surface area contributed by atoms with Crippen LogP contribution in [0.4, 0.5) is 4.39 Å².